The zero-order valence-electron chi connectivity index (χ0n) is 21.1. The van der Waals surface area contributed by atoms with Gasteiger partial charge in [-0.25, -0.2) is 4.79 Å². The highest BCUT2D eigenvalue weighted by Crippen LogP contribution is 2.08. The van der Waals surface area contributed by atoms with Gasteiger partial charge in [0.2, 0.25) is 23.6 Å². The molecule has 206 valence electrons. The third kappa shape index (κ3) is 12.8. The minimum atomic E-state index is -1.21. The van der Waals surface area contributed by atoms with Crippen LogP contribution in [0, 0.1) is 0 Å². The maximum atomic E-state index is 13.1. The number of carbonyl (C=O) groups excluding carboxylic acids is 4. The molecular weight excluding hydrogens is 518 g/mol. The molecule has 13 heteroatoms. The number of hydrogen-bond acceptors (Lipinski definition) is 8. The minimum absolute atomic E-state index is 0.0658. The molecule has 1 aromatic carbocycles. The number of hydrogen-bond donors (Lipinski definition) is 6. The lowest BCUT2D eigenvalue weighted by atomic mass is 10.0. The molecule has 4 amide bonds. The van der Waals surface area contributed by atoms with Gasteiger partial charge in [0.1, 0.15) is 18.1 Å². The first kappa shape index (κ1) is 32.3. The fourth-order valence-corrected chi connectivity index (χ4v) is 4.27. The van der Waals surface area contributed by atoms with E-state index in [9.17, 15) is 29.1 Å². The Morgan fingerprint density at radius 1 is 0.811 bits per heavy atom. The normalized spacial score (nSPS) is 14.0. The molecule has 0 radical (unpaired) electrons. The average molecular weight is 556 g/mol. The lowest BCUT2D eigenvalue weighted by Gasteiger charge is -2.25. The topological polar surface area (TPSA) is 194 Å². The van der Waals surface area contributed by atoms with Crippen LogP contribution in [-0.2, 0) is 30.4 Å². The van der Waals surface area contributed by atoms with Crippen LogP contribution in [0.2, 0.25) is 0 Å². The van der Waals surface area contributed by atoms with Gasteiger partial charge in [0.15, 0.2) is 0 Å². The Bertz CT molecular complexity index is 905. The summed E-state index contributed by atoms with van der Waals surface area (Å²) in [5, 5.41) is 17.3. The number of nitrogens with one attached hydrogen (secondary N) is 3. The SMILES string of the molecule is CSCCC(N)C(=O)NC(CCC(N)=O)C(=O)NC(CCSC)C(=O)NC(Cc1ccccc1)C(=O)O. The number of amides is 4. The maximum absolute atomic E-state index is 13.1. The Balaban J connectivity index is 2.98. The molecule has 0 saturated heterocycles. The molecule has 1 rings (SSSR count). The zero-order chi connectivity index (χ0) is 27.8. The van der Waals surface area contributed by atoms with Crippen LogP contribution in [0.1, 0.15) is 31.2 Å². The molecule has 0 spiro atoms. The Kier molecular flexibility index (Phi) is 15.4. The molecule has 0 bridgehead atoms. The lowest BCUT2D eigenvalue weighted by Crippen LogP contribution is -2.57. The molecule has 0 aliphatic heterocycles. The van der Waals surface area contributed by atoms with E-state index in [4.69, 9.17) is 11.5 Å². The van der Waals surface area contributed by atoms with Crippen LogP contribution in [0.3, 0.4) is 0 Å². The van der Waals surface area contributed by atoms with Crippen LogP contribution >= 0.6 is 23.5 Å². The largest absolute Gasteiger partial charge is 0.480 e. The van der Waals surface area contributed by atoms with Crippen molar-refractivity contribution in [1.29, 1.82) is 0 Å². The molecule has 4 atom stereocenters. The molecule has 0 aliphatic rings. The number of aliphatic carboxylic acids is 1. The van der Waals surface area contributed by atoms with E-state index in [0.29, 0.717) is 17.9 Å². The third-order valence-corrected chi connectivity index (χ3v) is 6.71. The molecule has 11 nitrogen and oxygen atoms in total. The molecule has 0 heterocycles. The molecule has 0 saturated carbocycles. The number of carbonyl (C=O) groups is 5. The van der Waals surface area contributed by atoms with Gasteiger partial charge >= 0.3 is 5.97 Å². The molecule has 1 aromatic rings. The second-order valence-electron chi connectivity index (χ2n) is 8.39. The van der Waals surface area contributed by atoms with E-state index in [1.165, 1.54) is 23.5 Å². The number of rotatable bonds is 18. The van der Waals surface area contributed by atoms with E-state index >= 15 is 0 Å². The summed E-state index contributed by atoms with van der Waals surface area (Å²) in [5.74, 6) is -2.62. The van der Waals surface area contributed by atoms with E-state index in [1.54, 1.807) is 30.3 Å². The molecule has 4 unspecified atom stereocenters. The smallest absolute Gasteiger partial charge is 0.326 e. The Hall–Kier alpha value is -2.77. The molecule has 0 fully saturated rings. The first-order chi connectivity index (χ1) is 17.6. The molecular formula is C24H37N5O6S2. The van der Waals surface area contributed by atoms with Gasteiger partial charge in [0.05, 0.1) is 6.04 Å². The summed E-state index contributed by atoms with van der Waals surface area (Å²) < 4.78 is 0. The van der Waals surface area contributed by atoms with E-state index in [0.717, 1.165) is 5.56 Å². The standard InChI is InChI=1S/C24H37N5O6S2/c1-36-12-10-16(25)21(31)27-17(8-9-20(26)30)22(32)28-18(11-13-37-2)23(33)29-19(24(34)35)14-15-6-4-3-5-7-15/h3-7,16-19H,8-14,25H2,1-2H3,(H2,26,30)(H,27,31)(H,28,32)(H,29,33)(H,34,35). The van der Waals surface area contributed by atoms with Crippen molar-refractivity contribution in [3.8, 4) is 0 Å². The average Bonchev–Trinajstić information content (AvgIpc) is 2.86. The van der Waals surface area contributed by atoms with Crippen molar-refractivity contribution in [3.63, 3.8) is 0 Å². The van der Waals surface area contributed by atoms with Crippen LogP contribution in [-0.4, -0.2) is 82.9 Å². The lowest BCUT2D eigenvalue weighted by molar-refractivity contribution is -0.142. The highest BCUT2D eigenvalue weighted by molar-refractivity contribution is 7.98. The first-order valence-corrected chi connectivity index (χ1v) is 14.6. The summed E-state index contributed by atoms with van der Waals surface area (Å²) >= 11 is 2.97. The fraction of sp³-hybridized carbons (Fsp3) is 0.542. The summed E-state index contributed by atoms with van der Waals surface area (Å²) in [7, 11) is 0. The van der Waals surface area contributed by atoms with Gasteiger partial charge in [-0.15, -0.1) is 0 Å². The predicted molar refractivity (Wildman–Crippen MR) is 146 cm³/mol. The van der Waals surface area contributed by atoms with Gasteiger partial charge in [0, 0.05) is 12.8 Å². The van der Waals surface area contributed by atoms with Gasteiger partial charge in [-0.2, -0.15) is 23.5 Å². The number of carboxylic acids is 1. The molecule has 0 aromatic heterocycles. The van der Waals surface area contributed by atoms with Crippen molar-refractivity contribution in [3.05, 3.63) is 35.9 Å². The van der Waals surface area contributed by atoms with E-state index in [-0.39, 0.29) is 25.7 Å². The van der Waals surface area contributed by atoms with Gasteiger partial charge < -0.3 is 32.5 Å². The van der Waals surface area contributed by atoms with E-state index in [1.807, 2.05) is 12.5 Å². The van der Waals surface area contributed by atoms with Gasteiger partial charge in [-0.1, -0.05) is 30.3 Å². The quantitative estimate of drug-likeness (QED) is 0.143. The van der Waals surface area contributed by atoms with Crippen LogP contribution in [0.15, 0.2) is 30.3 Å². The van der Waals surface area contributed by atoms with Gasteiger partial charge in [-0.3, -0.25) is 19.2 Å². The predicted octanol–water partition coefficient (Wildman–Crippen LogP) is -0.133. The number of benzene rings is 1. The Labute approximate surface area is 225 Å². The summed E-state index contributed by atoms with van der Waals surface area (Å²) in [4.78, 5) is 61.8. The van der Waals surface area contributed by atoms with Gasteiger partial charge in [0.25, 0.3) is 0 Å². The summed E-state index contributed by atoms with van der Waals surface area (Å²) in [6.45, 7) is 0. The molecule has 0 aliphatic carbocycles. The van der Waals surface area contributed by atoms with E-state index in [2.05, 4.69) is 16.0 Å². The zero-order valence-corrected chi connectivity index (χ0v) is 22.7. The summed E-state index contributed by atoms with van der Waals surface area (Å²) in [6, 6.07) is 4.59. The molecule has 8 N–H and O–H groups in total. The van der Waals surface area contributed by atoms with Crippen LogP contribution in [0.25, 0.3) is 0 Å². The van der Waals surface area contributed by atoms with Crippen LogP contribution < -0.4 is 27.4 Å². The number of carboxylic acid groups (broad SMARTS) is 1. The van der Waals surface area contributed by atoms with Crippen molar-refractivity contribution < 1.29 is 29.1 Å². The molecule has 37 heavy (non-hydrogen) atoms. The second kappa shape index (κ2) is 17.6. The first-order valence-electron chi connectivity index (χ1n) is 11.8. The van der Waals surface area contributed by atoms with Crippen LogP contribution in [0.4, 0.5) is 0 Å². The third-order valence-electron chi connectivity index (χ3n) is 5.42. The summed E-state index contributed by atoms with van der Waals surface area (Å²) in [5.41, 5.74) is 11.9. The number of primary amides is 1. The second-order valence-corrected chi connectivity index (χ2v) is 10.4. The van der Waals surface area contributed by atoms with Crippen molar-refractivity contribution in [2.45, 2.75) is 56.3 Å². The summed E-state index contributed by atoms with van der Waals surface area (Å²) in [6.07, 6.45) is 4.15. The number of nitrogens with two attached hydrogens (primary N) is 2. The van der Waals surface area contributed by atoms with Crippen molar-refractivity contribution in [2.24, 2.45) is 11.5 Å². The maximum Gasteiger partial charge on any atom is 0.326 e. The van der Waals surface area contributed by atoms with Crippen molar-refractivity contribution >= 4 is 53.1 Å². The fourth-order valence-electron chi connectivity index (χ4n) is 3.31. The highest BCUT2D eigenvalue weighted by Gasteiger charge is 2.30. The highest BCUT2D eigenvalue weighted by atomic mass is 32.2. The monoisotopic (exact) mass is 555 g/mol. The number of thioether (sulfide) groups is 2. The Morgan fingerprint density at radius 2 is 1.32 bits per heavy atom. The van der Waals surface area contributed by atoms with Crippen LogP contribution in [0.5, 0.6) is 0 Å². The van der Waals surface area contributed by atoms with Gasteiger partial charge in [-0.05, 0) is 48.8 Å². The van der Waals surface area contributed by atoms with E-state index < -0.39 is 53.8 Å². The minimum Gasteiger partial charge on any atom is -0.480 e. The Morgan fingerprint density at radius 3 is 1.86 bits per heavy atom. The van der Waals surface area contributed by atoms with Crippen molar-refractivity contribution in [2.75, 3.05) is 24.0 Å². The van der Waals surface area contributed by atoms with Crippen molar-refractivity contribution in [1.82, 2.24) is 16.0 Å².